The van der Waals surface area contributed by atoms with Gasteiger partial charge in [0.25, 0.3) is 0 Å². The zero-order valence-electron chi connectivity index (χ0n) is 9.31. The molecule has 3 N–H and O–H groups in total. The summed E-state index contributed by atoms with van der Waals surface area (Å²) in [5.74, 6) is -0.484. The molecule has 0 saturated carbocycles. The van der Waals surface area contributed by atoms with E-state index in [0.29, 0.717) is 5.56 Å². The fourth-order valence-corrected chi connectivity index (χ4v) is 1.40. The lowest BCUT2D eigenvalue weighted by Crippen LogP contribution is -2.33. The first-order chi connectivity index (χ1) is 7.47. The summed E-state index contributed by atoms with van der Waals surface area (Å²) in [6.07, 6.45) is -0.882. The Hall–Kier alpha value is -1.44. The van der Waals surface area contributed by atoms with Gasteiger partial charge >= 0.3 is 0 Å². The van der Waals surface area contributed by atoms with E-state index >= 15 is 0 Å². The van der Waals surface area contributed by atoms with Gasteiger partial charge in [-0.25, -0.2) is 4.39 Å². The second-order valence-electron chi connectivity index (χ2n) is 4.12. The number of aliphatic hydroxyl groups is 1. The minimum absolute atomic E-state index is 0.0764. The number of nitrogens with two attached hydrogens (primary N) is 1. The van der Waals surface area contributed by atoms with Gasteiger partial charge in [-0.15, -0.1) is 0 Å². The van der Waals surface area contributed by atoms with Gasteiger partial charge in [0.15, 0.2) is 0 Å². The van der Waals surface area contributed by atoms with Gasteiger partial charge in [0.2, 0.25) is 0 Å². The quantitative estimate of drug-likeness (QED) is 0.818. The average Bonchev–Trinajstić information content (AvgIpc) is 2.27. The number of aliphatic hydroxyl groups excluding tert-OH is 1. The number of nitrogens with zero attached hydrogens (tertiary/aromatic N) is 1. The highest BCUT2D eigenvalue weighted by Gasteiger charge is 2.20. The van der Waals surface area contributed by atoms with Gasteiger partial charge < -0.3 is 10.8 Å². The average molecular weight is 222 g/mol. The van der Waals surface area contributed by atoms with E-state index in [1.54, 1.807) is 6.07 Å². The number of benzene rings is 1. The van der Waals surface area contributed by atoms with E-state index in [4.69, 9.17) is 11.0 Å². The van der Waals surface area contributed by atoms with Crippen molar-refractivity contribution in [1.29, 1.82) is 5.26 Å². The van der Waals surface area contributed by atoms with E-state index in [-0.39, 0.29) is 11.5 Å². The zero-order valence-corrected chi connectivity index (χ0v) is 9.31. The molecule has 0 amide bonds. The van der Waals surface area contributed by atoms with Crippen LogP contribution in [0.3, 0.4) is 0 Å². The van der Waals surface area contributed by atoms with Crippen molar-refractivity contribution in [2.45, 2.75) is 26.0 Å². The van der Waals surface area contributed by atoms with Gasteiger partial charge in [0.1, 0.15) is 11.9 Å². The molecule has 0 heterocycles. The molecule has 0 aliphatic heterocycles. The van der Waals surface area contributed by atoms with Crippen LogP contribution in [-0.2, 0) is 0 Å². The number of halogens is 1. The molecule has 0 spiro atoms. The topological polar surface area (TPSA) is 70.0 Å². The van der Waals surface area contributed by atoms with Crippen LogP contribution in [0, 0.1) is 23.1 Å². The molecule has 3 nitrogen and oxygen atoms in total. The van der Waals surface area contributed by atoms with E-state index in [1.807, 2.05) is 13.8 Å². The summed E-state index contributed by atoms with van der Waals surface area (Å²) >= 11 is 0. The highest BCUT2D eigenvalue weighted by atomic mass is 19.1. The van der Waals surface area contributed by atoms with Crippen LogP contribution < -0.4 is 5.73 Å². The van der Waals surface area contributed by atoms with Crippen molar-refractivity contribution in [3.8, 4) is 6.07 Å². The Balaban J connectivity index is 3.02. The van der Waals surface area contributed by atoms with Gasteiger partial charge in [-0.1, -0.05) is 19.9 Å². The molecule has 0 aromatic heterocycles. The third-order valence-corrected chi connectivity index (χ3v) is 2.59. The van der Waals surface area contributed by atoms with E-state index < -0.39 is 18.0 Å². The van der Waals surface area contributed by atoms with Crippen LogP contribution >= 0.6 is 0 Å². The van der Waals surface area contributed by atoms with Crippen molar-refractivity contribution < 1.29 is 9.50 Å². The van der Waals surface area contributed by atoms with Crippen LogP contribution in [0.2, 0.25) is 0 Å². The predicted molar refractivity (Wildman–Crippen MR) is 58.9 cm³/mol. The van der Waals surface area contributed by atoms with E-state index in [2.05, 4.69) is 0 Å². The second-order valence-corrected chi connectivity index (χ2v) is 4.12. The van der Waals surface area contributed by atoms with Crippen LogP contribution in [0.1, 0.15) is 31.1 Å². The molecule has 16 heavy (non-hydrogen) atoms. The molecule has 1 rings (SSSR count). The lowest BCUT2D eigenvalue weighted by Gasteiger charge is -2.22. The van der Waals surface area contributed by atoms with Crippen LogP contribution in [0.5, 0.6) is 0 Å². The first-order valence-corrected chi connectivity index (χ1v) is 5.10. The molecular weight excluding hydrogens is 207 g/mol. The minimum atomic E-state index is -0.882. The smallest absolute Gasteiger partial charge is 0.140 e. The Bertz CT molecular complexity index is 412. The molecule has 1 aromatic rings. The fourth-order valence-electron chi connectivity index (χ4n) is 1.40. The van der Waals surface area contributed by atoms with Crippen LogP contribution in [0.25, 0.3) is 0 Å². The fraction of sp³-hybridized carbons (Fsp3) is 0.417. The molecule has 2 unspecified atom stereocenters. The summed E-state index contributed by atoms with van der Waals surface area (Å²) in [7, 11) is 0. The number of hydrogen-bond acceptors (Lipinski definition) is 3. The van der Waals surface area contributed by atoms with E-state index in [0.717, 1.165) is 0 Å². The maximum atomic E-state index is 13.1. The molecule has 0 saturated heterocycles. The third kappa shape index (κ3) is 2.57. The lowest BCUT2D eigenvalue weighted by molar-refractivity contribution is 0.125. The van der Waals surface area contributed by atoms with E-state index in [1.165, 1.54) is 18.2 Å². The second kappa shape index (κ2) is 5.06. The summed E-state index contributed by atoms with van der Waals surface area (Å²) in [5, 5.41) is 18.6. The molecule has 0 aliphatic rings. The van der Waals surface area contributed by atoms with Gasteiger partial charge in [0.05, 0.1) is 11.7 Å². The molecule has 0 bridgehead atoms. The zero-order chi connectivity index (χ0) is 12.3. The Morgan fingerprint density at radius 3 is 2.56 bits per heavy atom. The molecular formula is C12H15FN2O. The van der Waals surface area contributed by atoms with Crippen molar-refractivity contribution >= 4 is 0 Å². The largest absolute Gasteiger partial charge is 0.387 e. The lowest BCUT2D eigenvalue weighted by atomic mass is 9.93. The molecule has 86 valence electrons. The first-order valence-electron chi connectivity index (χ1n) is 5.10. The van der Waals surface area contributed by atoms with Gasteiger partial charge in [-0.05, 0) is 23.6 Å². The monoisotopic (exact) mass is 222 g/mol. The molecule has 0 radical (unpaired) electrons. The van der Waals surface area contributed by atoms with Gasteiger partial charge in [0, 0.05) is 6.04 Å². The van der Waals surface area contributed by atoms with E-state index in [9.17, 15) is 9.50 Å². The predicted octanol–water partition coefficient (Wildman–Crippen LogP) is 1.71. The summed E-state index contributed by atoms with van der Waals surface area (Å²) < 4.78 is 13.1. The number of rotatable bonds is 3. The van der Waals surface area contributed by atoms with Crippen molar-refractivity contribution in [3.63, 3.8) is 0 Å². The maximum absolute atomic E-state index is 13.1. The molecule has 0 fully saturated rings. The first kappa shape index (κ1) is 12.6. The van der Waals surface area contributed by atoms with Crippen LogP contribution in [-0.4, -0.2) is 11.1 Å². The normalized spacial score (nSPS) is 14.6. The SMILES string of the molecule is CC(C)C(N)C(O)c1ccc(F)c(C#N)c1. The Morgan fingerprint density at radius 2 is 2.06 bits per heavy atom. The summed E-state index contributed by atoms with van der Waals surface area (Å²) in [6.45, 7) is 3.78. The summed E-state index contributed by atoms with van der Waals surface area (Å²) in [6, 6.07) is 5.25. The molecule has 0 aliphatic carbocycles. The van der Waals surface area contributed by atoms with Crippen molar-refractivity contribution in [2.24, 2.45) is 11.7 Å². The molecule has 4 heteroatoms. The maximum Gasteiger partial charge on any atom is 0.140 e. The summed E-state index contributed by atoms with van der Waals surface area (Å²) in [5.41, 5.74) is 6.19. The Labute approximate surface area is 94.3 Å². The van der Waals surface area contributed by atoms with Crippen LogP contribution in [0.4, 0.5) is 4.39 Å². The number of nitriles is 1. The van der Waals surface area contributed by atoms with Crippen molar-refractivity contribution in [3.05, 3.63) is 35.1 Å². The van der Waals surface area contributed by atoms with Crippen molar-refractivity contribution in [2.75, 3.05) is 0 Å². The minimum Gasteiger partial charge on any atom is -0.387 e. The van der Waals surface area contributed by atoms with Gasteiger partial charge in [-0.2, -0.15) is 5.26 Å². The standard InChI is InChI=1S/C12H15FN2O/c1-7(2)11(15)12(16)8-3-4-10(13)9(5-8)6-14/h3-5,7,11-12,16H,15H2,1-2H3. The molecule has 1 aromatic carbocycles. The highest BCUT2D eigenvalue weighted by Crippen LogP contribution is 2.22. The molecule has 2 atom stereocenters. The van der Waals surface area contributed by atoms with Gasteiger partial charge in [-0.3, -0.25) is 0 Å². The Morgan fingerprint density at radius 1 is 1.44 bits per heavy atom. The number of hydrogen-bond donors (Lipinski definition) is 2. The van der Waals surface area contributed by atoms with Crippen molar-refractivity contribution in [1.82, 2.24) is 0 Å². The third-order valence-electron chi connectivity index (χ3n) is 2.59. The summed E-state index contributed by atoms with van der Waals surface area (Å²) in [4.78, 5) is 0. The highest BCUT2D eigenvalue weighted by molar-refractivity contribution is 5.35. The van der Waals surface area contributed by atoms with Crippen LogP contribution in [0.15, 0.2) is 18.2 Å². The Kier molecular flexibility index (Phi) is 3.99.